The lowest BCUT2D eigenvalue weighted by Crippen LogP contribution is -2.41. The first-order chi connectivity index (χ1) is 12.4. The predicted molar refractivity (Wildman–Crippen MR) is 104 cm³/mol. The Bertz CT molecular complexity index is 752. The van der Waals surface area contributed by atoms with E-state index in [0.717, 1.165) is 12.0 Å². The Morgan fingerprint density at radius 3 is 2.73 bits per heavy atom. The molecule has 26 heavy (non-hydrogen) atoms. The first-order valence-electron chi connectivity index (χ1n) is 8.57. The summed E-state index contributed by atoms with van der Waals surface area (Å²) in [4.78, 5) is 16.0. The molecule has 0 aromatic heterocycles. The number of amides is 1. The molecule has 3 N–H and O–H groups in total. The summed E-state index contributed by atoms with van der Waals surface area (Å²) in [5.74, 6) is 0.649. The third-order valence-corrected chi connectivity index (χ3v) is 6.06. The van der Waals surface area contributed by atoms with E-state index in [1.54, 1.807) is 7.05 Å². The van der Waals surface area contributed by atoms with E-state index in [-0.39, 0.29) is 29.9 Å². The molecule has 1 aliphatic rings. The maximum Gasteiger partial charge on any atom is 0.222 e. The summed E-state index contributed by atoms with van der Waals surface area (Å²) in [5.41, 5.74) is 1.13. The number of carbonyl (C=O) groups is 1. The Morgan fingerprint density at radius 2 is 2.08 bits per heavy atom. The molecule has 1 unspecified atom stereocenters. The summed E-state index contributed by atoms with van der Waals surface area (Å²) in [6.45, 7) is 1.11. The SMILES string of the molecule is CN=C(NCCC(=O)NC1CCS(=O)(=O)C1)NCCc1cccc(Cl)c1. The third-order valence-electron chi connectivity index (χ3n) is 4.06. The topological polar surface area (TPSA) is 99.7 Å². The van der Waals surface area contributed by atoms with Crippen molar-refractivity contribution in [2.24, 2.45) is 4.99 Å². The van der Waals surface area contributed by atoms with E-state index >= 15 is 0 Å². The number of nitrogens with one attached hydrogen (secondary N) is 3. The van der Waals surface area contributed by atoms with Crippen molar-refractivity contribution in [2.75, 3.05) is 31.6 Å². The van der Waals surface area contributed by atoms with Gasteiger partial charge in [0.2, 0.25) is 5.91 Å². The molecule has 0 spiro atoms. The standard InChI is InChI=1S/C17H25ClN4O3S/c1-19-17(20-8-5-13-3-2-4-14(18)11-13)21-9-6-16(23)22-15-7-10-26(24,25)12-15/h2-4,11,15H,5-10,12H2,1H3,(H,22,23)(H2,19,20,21). The Hall–Kier alpha value is -1.80. The van der Waals surface area contributed by atoms with Crippen molar-refractivity contribution in [3.8, 4) is 0 Å². The van der Waals surface area contributed by atoms with Crippen molar-refractivity contribution in [3.05, 3.63) is 34.9 Å². The van der Waals surface area contributed by atoms with Crippen LogP contribution in [0, 0.1) is 0 Å². The summed E-state index contributed by atoms with van der Waals surface area (Å²) in [7, 11) is -1.32. The van der Waals surface area contributed by atoms with Crippen molar-refractivity contribution >= 4 is 33.3 Å². The molecular formula is C17H25ClN4O3S. The molecule has 0 saturated carbocycles. The van der Waals surface area contributed by atoms with Gasteiger partial charge in [0.15, 0.2) is 15.8 Å². The number of guanidine groups is 1. The Kier molecular flexibility index (Phi) is 7.71. The fourth-order valence-electron chi connectivity index (χ4n) is 2.74. The van der Waals surface area contributed by atoms with Crippen LogP contribution in [0.2, 0.25) is 5.02 Å². The maximum atomic E-state index is 11.9. The van der Waals surface area contributed by atoms with Crippen LogP contribution >= 0.6 is 11.6 Å². The molecule has 1 fully saturated rings. The molecule has 0 radical (unpaired) electrons. The zero-order chi connectivity index (χ0) is 19.0. The molecule has 9 heteroatoms. The lowest BCUT2D eigenvalue weighted by Gasteiger charge is -2.13. The average molecular weight is 401 g/mol. The van der Waals surface area contributed by atoms with Crippen LogP contribution in [-0.4, -0.2) is 58.0 Å². The zero-order valence-electron chi connectivity index (χ0n) is 14.8. The molecule has 0 aliphatic carbocycles. The molecular weight excluding hydrogens is 376 g/mol. The zero-order valence-corrected chi connectivity index (χ0v) is 16.4. The summed E-state index contributed by atoms with van der Waals surface area (Å²) in [6, 6.07) is 7.43. The minimum Gasteiger partial charge on any atom is -0.356 e. The molecule has 2 rings (SSSR count). The van der Waals surface area contributed by atoms with Crippen LogP contribution in [0.3, 0.4) is 0 Å². The molecule has 7 nitrogen and oxygen atoms in total. The molecule has 1 aromatic rings. The second kappa shape index (κ2) is 9.78. The van der Waals surface area contributed by atoms with Gasteiger partial charge in [-0.3, -0.25) is 9.79 Å². The number of halogens is 1. The summed E-state index contributed by atoms with van der Waals surface area (Å²) in [6.07, 6.45) is 1.55. The monoisotopic (exact) mass is 400 g/mol. The number of hydrogen-bond acceptors (Lipinski definition) is 4. The number of sulfone groups is 1. The van der Waals surface area contributed by atoms with Crippen LogP contribution in [0.4, 0.5) is 0 Å². The van der Waals surface area contributed by atoms with E-state index in [2.05, 4.69) is 20.9 Å². The molecule has 144 valence electrons. The van der Waals surface area contributed by atoms with E-state index in [4.69, 9.17) is 11.6 Å². The fourth-order valence-corrected chi connectivity index (χ4v) is 4.63. The molecule has 1 amide bonds. The quantitative estimate of drug-likeness (QED) is 0.463. The van der Waals surface area contributed by atoms with Crippen LogP contribution in [0.5, 0.6) is 0 Å². The van der Waals surface area contributed by atoms with Gasteiger partial charge in [0.05, 0.1) is 11.5 Å². The highest BCUT2D eigenvalue weighted by Gasteiger charge is 2.28. The molecule has 1 aromatic carbocycles. The van der Waals surface area contributed by atoms with Crippen molar-refractivity contribution < 1.29 is 13.2 Å². The van der Waals surface area contributed by atoms with Gasteiger partial charge >= 0.3 is 0 Å². The number of aliphatic imine (C=N–C) groups is 1. The Morgan fingerprint density at radius 1 is 1.31 bits per heavy atom. The van der Waals surface area contributed by atoms with Gasteiger partial charge in [-0.1, -0.05) is 23.7 Å². The van der Waals surface area contributed by atoms with E-state index in [9.17, 15) is 13.2 Å². The van der Waals surface area contributed by atoms with E-state index in [0.29, 0.717) is 30.5 Å². The van der Waals surface area contributed by atoms with Crippen molar-refractivity contribution in [1.82, 2.24) is 16.0 Å². The van der Waals surface area contributed by atoms with Crippen LogP contribution in [0.25, 0.3) is 0 Å². The lowest BCUT2D eigenvalue weighted by atomic mass is 10.1. The molecule has 1 saturated heterocycles. The minimum absolute atomic E-state index is 0.0406. The second-order valence-electron chi connectivity index (χ2n) is 6.22. The highest BCUT2D eigenvalue weighted by atomic mass is 35.5. The van der Waals surface area contributed by atoms with Crippen LogP contribution in [0.1, 0.15) is 18.4 Å². The van der Waals surface area contributed by atoms with E-state index in [1.807, 2.05) is 24.3 Å². The largest absolute Gasteiger partial charge is 0.356 e. The fraction of sp³-hybridized carbons (Fsp3) is 0.529. The first-order valence-corrected chi connectivity index (χ1v) is 10.8. The maximum absolute atomic E-state index is 11.9. The Labute approximate surface area is 159 Å². The number of carbonyl (C=O) groups excluding carboxylic acids is 1. The number of nitrogens with zero attached hydrogens (tertiary/aromatic N) is 1. The number of benzene rings is 1. The van der Waals surface area contributed by atoms with Gasteiger partial charge in [-0.2, -0.15) is 0 Å². The normalized spacial score (nSPS) is 19.2. The number of hydrogen-bond donors (Lipinski definition) is 3. The molecule has 1 aliphatic heterocycles. The molecule has 0 bridgehead atoms. The smallest absolute Gasteiger partial charge is 0.222 e. The summed E-state index contributed by atoms with van der Waals surface area (Å²) >= 11 is 5.96. The van der Waals surface area contributed by atoms with Crippen molar-refractivity contribution in [2.45, 2.75) is 25.3 Å². The van der Waals surface area contributed by atoms with Gasteiger partial charge in [0.1, 0.15) is 0 Å². The summed E-state index contributed by atoms with van der Waals surface area (Å²) in [5, 5.41) is 9.73. The third kappa shape index (κ3) is 7.21. The van der Waals surface area contributed by atoms with Gasteiger partial charge < -0.3 is 16.0 Å². The average Bonchev–Trinajstić information content (AvgIpc) is 2.92. The van der Waals surface area contributed by atoms with E-state index in [1.165, 1.54) is 0 Å². The van der Waals surface area contributed by atoms with E-state index < -0.39 is 9.84 Å². The van der Waals surface area contributed by atoms with Gasteiger partial charge in [0.25, 0.3) is 0 Å². The van der Waals surface area contributed by atoms with Crippen LogP contribution in [-0.2, 0) is 21.1 Å². The highest BCUT2D eigenvalue weighted by Crippen LogP contribution is 2.11. The lowest BCUT2D eigenvalue weighted by molar-refractivity contribution is -0.121. The minimum atomic E-state index is -2.98. The second-order valence-corrected chi connectivity index (χ2v) is 8.89. The Balaban J connectivity index is 1.63. The van der Waals surface area contributed by atoms with Crippen molar-refractivity contribution in [1.29, 1.82) is 0 Å². The van der Waals surface area contributed by atoms with Crippen LogP contribution in [0.15, 0.2) is 29.3 Å². The molecule has 1 atom stereocenters. The van der Waals surface area contributed by atoms with Gasteiger partial charge in [-0.25, -0.2) is 8.42 Å². The highest BCUT2D eigenvalue weighted by molar-refractivity contribution is 7.91. The first kappa shape index (κ1) is 20.5. The van der Waals surface area contributed by atoms with Crippen molar-refractivity contribution in [3.63, 3.8) is 0 Å². The van der Waals surface area contributed by atoms with Gasteiger partial charge in [-0.15, -0.1) is 0 Å². The van der Waals surface area contributed by atoms with Gasteiger partial charge in [0, 0.05) is 37.6 Å². The van der Waals surface area contributed by atoms with Crippen LogP contribution < -0.4 is 16.0 Å². The summed E-state index contributed by atoms with van der Waals surface area (Å²) < 4.78 is 22.8. The predicted octanol–water partition coefficient (Wildman–Crippen LogP) is 0.741. The molecule has 1 heterocycles. The number of rotatable bonds is 7. The van der Waals surface area contributed by atoms with Gasteiger partial charge in [-0.05, 0) is 30.5 Å².